The number of anilines is 1. The number of hydrogen-bond acceptors (Lipinski definition) is 7. The Hall–Kier alpha value is -3.97. The summed E-state index contributed by atoms with van der Waals surface area (Å²) in [5.74, 6) is -0.732. The monoisotopic (exact) mass is 594 g/mol. The number of benzene rings is 1. The third kappa shape index (κ3) is 7.65. The molecule has 1 aliphatic heterocycles. The second kappa shape index (κ2) is 14.3. The predicted molar refractivity (Wildman–Crippen MR) is 158 cm³/mol. The van der Waals surface area contributed by atoms with E-state index in [9.17, 15) is 9.59 Å². The van der Waals surface area contributed by atoms with Crippen LogP contribution in [0, 0.1) is 34.9 Å². The van der Waals surface area contributed by atoms with Crippen molar-refractivity contribution in [3.63, 3.8) is 0 Å². The van der Waals surface area contributed by atoms with Crippen LogP contribution in [0.3, 0.4) is 0 Å². The molecule has 2 amide bonds. The van der Waals surface area contributed by atoms with Crippen molar-refractivity contribution in [2.24, 2.45) is 17.8 Å². The lowest BCUT2D eigenvalue weighted by Gasteiger charge is -2.28. The van der Waals surface area contributed by atoms with Gasteiger partial charge in [0.1, 0.15) is 17.6 Å². The third-order valence-electron chi connectivity index (χ3n) is 7.80. The molecule has 1 saturated heterocycles. The zero-order valence-electron chi connectivity index (χ0n) is 24.0. The van der Waals surface area contributed by atoms with E-state index >= 15 is 4.39 Å². The molecule has 0 saturated carbocycles. The molecule has 0 spiro atoms. The van der Waals surface area contributed by atoms with Gasteiger partial charge in [-0.2, -0.15) is 5.26 Å². The maximum Gasteiger partial charge on any atom is 0.225 e. The predicted octanol–water partition coefficient (Wildman–Crippen LogP) is 4.45. The van der Waals surface area contributed by atoms with Crippen LogP contribution >= 0.6 is 11.6 Å². The first-order valence-corrected chi connectivity index (χ1v) is 14.5. The van der Waals surface area contributed by atoms with Crippen LogP contribution in [0.25, 0.3) is 0 Å². The first kappa shape index (κ1) is 31.0. The lowest BCUT2D eigenvalue weighted by molar-refractivity contribution is -0.126. The molecule has 0 radical (unpaired) electrons. The molecule has 0 bridgehead atoms. The van der Waals surface area contributed by atoms with Gasteiger partial charge in [-0.3, -0.25) is 9.59 Å². The van der Waals surface area contributed by atoms with E-state index < -0.39 is 17.7 Å². The zero-order valence-corrected chi connectivity index (χ0v) is 24.8. The summed E-state index contributed by atoms with van der Waals surface area (Å²) in [5, 5.41) is 24.0. The molecule has 222 valence electrons. The standard InChI is InChI=1S/C31H36ClFN6O3/c1-19(2)30(40)36-28(20-6-8-21(32)9-7-20)5-4-14-35-31(41)26-18-39(29-13-10-22(16-34)37-38-29)17-25(26)24-12-11-23(42-3)15-27(24)33/h6,8-13,15,19-20,25-26,28H,4-5,7,14,17-18H2,1-3H3,(H,35,41)(H,36,40)/t20?,25-,26+,28-/m0/s1. The first-order valence-electron chi connectivity index (χ1n) is 14.1. The van der Waals surface area contributed by atoms with E-state index in [-0.39, 0.29) is 35.4 Å². The molecule has 1 fully saturated rings. The van der Waals surface area contributed by atoms with Gasteiger partial charge in [-0.15, -0.1) is 10.2 Å². The van der Waals surface area contributed by atoms with Crippen LogP contribution in [0.2, 0.25) is 0 Å². The summed E-state index contributed by atoms with van der Waals surface area (Å²) in [4.78, 5) is 27.9. The lowest BCUT2D eigenvalue weighted by Crippen LogP contribution is -2.42. The highest BCUT2D eigenvalue weighted by Gasteiger charge is 2.40. The number of carbonyl (C=O) groups is 2. The van der Waals surface area contributed by atoms with Crippen LogP contribution < -0.4 is 20.3 Å². The highest BCUT2D eigenvalue weighted by Crippen LogP contribution is 2.37. The number of rotatable bonds is 11. The average Bonchev–Trinajstić information content (AvgIpc) is 3.44. The van der Waals surface area contributed by atoms with E-state index in [1.54, 1.807) is 24.3 Å². The summed E-state index contributed by atoms with van der Waals surface area (Å²) in [5.41, 5.74) is 0.614. The quantitative estimate of drug-likeness (QED) is 0.369. The Morgan fingerprint density at radius 2 is 2.05 bits per heavy atom. The molecule has 1 aliphatic carbocycles. The van der Waals surface area contributed by atoms with Crippen LogP contribution in [0.15, 0.2) is 53.6 Å². The maximum atomic E-state index is 15.2. The van der Waals surface area contributed by atoms with Gasteiger partial charge < -0.3 is 20.3 Å². The van der Waals surface area contributed by atoms with Crippen molar-refractivity contribution in [1.82, 2.24) is 20.8 Å². The Labute approximate surface area is 250 Å². The molecular formula is C31H36ClFN6O3. The zero-order chi connectivity index (χ0) is 30.2. The van der Waals surface area contributed by atoms with Crippen LogP contribution in [0.4, 0.5) is 10.2 Å². The summed E-state index contributed by atoms with van der Waals surface area (Å²) in [7, 11) is 1.47. The van der Waals surface area contributed by atoms with Gasteiger partial charge in [0.05, 0.1) is 13.0 Å². The van der Waals surface area contributed by atoms with Crippen LogP contribution in [-0.2, 0) is 9.59 Å². The minimum absolute atomic E-state index is 0.0144. The topological polar surface area (TPSA) is 120 Å². The number of hydrogen-bond donors (Lipinski definition) is 2. The molecule has 4 atom stereocenters. The third-order valence-corrected chi connectivity index (χ3v) is 8.08. The van der Waals surface area contributed by atoms with Gasteiger partial charge in [0, 0.05) is 54.5 Å². The number of methoxy groups -OCH3 is 1. The van der Waals surface area contributed by atoms with Crippen molar-refractivity contribution in [3.8, 4) is 11.8 Å². The van der Waals surface area contributed by atoms with E-state index in [0.29, 0.717) is 54.6 Å². The van der Waals surface area contributed by atoms with Crippen LogP contribution in [0.5, 0.6) is 5.75 Å². The number of aromatic nitrogens is 2. The van der Waals surface area contributed by atoms with E-state index in [0.717, 1.165) is 6.42 Å². The molecule has 4 rings (SSSR count). The van der Waals surface area contributed by atoms with Gasteiger partial charge in [-0.1, -0.05) is 43.7 Å². The molecule has 1 unspecified atom stereocenters. The minimum Gasteiger partial charge on any atom is -0.497 e. The minimum atomic E-state index is -0.546. The summed E-state index contributed by atoms with van der Waals surface area (Å²) in [6.07, 6.45) is 7.89. The number of halogens is 2. The number of ether oxygens (including phenoxy) is 1. The van der Waals surface area contributed by atoms with E-state index in [4.69, 9.17) is 21.6 Å². The van der Waals surface area contributed by atoms with Gasteiger partial charge in [0.2, 0.25) is 11.8 Å². The smallest absolute Gasteiger partial charge is 0.225 e. The molecule has 2 aliphatic rings. The lowest BCUT2D eigenvalue weighted by atomic mass is 9.87. The van der Waals surface area contributed by atoms with Gasteiger partial charge in [-0.05, 0) is 49.1 Å². The summed E-state index contributed by atoms with van der Waals surface area (Å²) in [6, 6.07) is 9.77. The second-order valence-corrected chi connectivity index (χ2v) is 11.4. The summed E-state index contributed by atoms with van der Waals surface area (Å²) in [6.45, 7) is 4.79. The number of nitriles is 1. The van der Waals surface area contributed by atoms with Crippen LogP contribution in [-0.4, -0.2) is 54.8 Å². The summed E-state index contributed by atoms with van der Waals surface area (Å²) >= 11 is 6.10. The van der Waals surface area contributed by atoms with E-state index in [1.165, 1.54) is 13.2 Å². The van der Waals surface area contributed by atoms with Crippen molar-refractivity contribution in [2.75, 3.05) is 31.6 Å². The molecule has 42 heavy (non-hydrogen) atoms. The molecule has 9 nitrogen and oxygen atoms in total. The summed E-state index contributed by atoms with van der Waals surface area (Å²) < 4.78 is 20.3. The van der Waals surface area contributed by atoms with Crippen molar-refractivity contribution in [3.05, 3.63) is 70.7 Å². The number of carbonyl (C=O) groups excluding carboxylic acids is 2. The Morgan fingerprint density at radius 3 is 2.67 bits per heavy atom. The van der Waals surface area contributed by atoms with Crippen molar-refractivity contribution >= 4 is 29.2 Å². The Bertz CT molecular complexity index is 1370. The molecule has 2 N–H and O–H groups in total. The molecular weight excluding hydrogens is 559 g/mol. The SMILES string of the molecule is COc1ccc([C@@H]2CN(c3ccc(C#N)nn3)C[C@H]2C(=O)NCCC[C@H](NC(=O)C(C)C)C2C=CC(Cl)=CC2)c(F)c1. The number of allylic oxidation sites excluding steroid dienone is 3. The Balaban J connectivity index is 1.44. The van der Waals surface area contributed by atoms with E-state index in [2.05, 4.69) is 20.8 Å². The number of nitrogens with one attached hydrogen (secondary N) is 2. The first-order chi connectivity index (χ1) is 20.2. The van der Waals surface area contributed by atoms with E-state index in [1.807, 2.05) is 43.0 Å². The van der Waals surface area contributed by atoms with Crippen molar-refractivity contribution in [2.45, 2.75) is 45.1 Å². The van der Waals surface area contributed by atoms with Crippen LogP contribution in [0.1, 0.15) is 50.3 Å². The van der Waals surface area contributed by atoms with Gasteiger partial charge in [0.25, 0.3) is 0 Å². The largest absolute Gasteiger partial charge is 0.497 e. The number of nitrogens with zero attached hydrogens (tertiary/aromatic N) is 4. The normalized spacial score (nSPS) is 20.5. The number of amides is 2. The molecule has 1 aromatic carbocycles. The molecule has 11 heteroatoms. The highest BCUT2D eigenvalue weighted by atomic mass is 35.5. The fourth-order valence-electron chi connectivity index (χ4n) is 5.38. The highest BCUT2D eigenvalue weighted by molar-refractivity contribution is 6.31. The second-order valence-electron chi connectivity index (χ2n) is 10.9. The van der Waals surface area contributed by atoms with Gasteiger partial charge in [0.15, 0.2) is 11.5 Å². The molecule has 2 heterocycles. The van der Waals surface area contributed by atoms with Crippen molar-refractivity contribution < 1.29 is 18.7 Å². The van der Waals surface area contributed by atoms with Crippen molar-refractivity contribution in [1.29, 1.82) is 5.26 Å². The Morgan fingerprint density at radius 1 is 1.24 bits per heavy atom. The Kier molecular flexibility index (Phi) is 10.5. The molecule has 1 aromatic heterocycles. The fraction of sp³-hybridized carbons (Fsp3) is 0.452. The molecule has 2 aromatic rings. The van der Waals surface area contributed by atoms with Gasteiger partial charge >= 0.3 is 0 Å². The fourth-order valence-corrected chi connectivity index (χ4v) is 5.54. The maximum absolute atomic E-state index is 15.2. The van der Waals surface area contributed by atoms with Gasteiger partial charge in [-0.25, -0.2) is 4.39 Å². The average molecular weight is 595 g/mol.